The molecule has 0 N–H and O–H groups in total. The Morgan fingerprint density at radius 1 is 1.13 bits per heavy atom. The van der Waals surface area contributed by atoms with Crippen LogP contribution in [-0.4, -0.2) is 43.9 Å². The molecule has 1 aliphatic heterocycles. The number of alkyl halides is 3. The van der Waals surface area contributed by atoms with Crippen molar-refractivity contribution in [2.45, 2.75) is 11.1 Å². The van der Waals surface area contributed by atoms with Crippen molar-refractivity contribution in [1.29, 1.82) is 0 Å². The average Bonchev–Trinajstić information content (AvgIpc) is 2.68. The Morgan fingerprint density at radius 2 is 1.73 bits per heavy atom. The zero-order chi connectivity index (χ0) is 22.1. The van der Waals surface area contributed by atoms with E-state index >= 15 is 0 Å². The highest BCUT2D eigenvalue weighted by Gasteiger charge is 2.36. The highest BCUT2D eigenvalue weighted by molar-refractivity contribution is 7.89. The molecule has 8 nitrogen and oxygen atoms in total. The fourth-order valence-corrected chi connectivity index (χ4v) is 4.40. The maximum Gasteiger partial charge on any atom is 0.418 e. The van der Waals surface area contributed by atoms with Crippen LogP contribution in [0.5, 0.6) is 11.5 Å². The minimum absolute atomic E-state index is 0.0187. The standard InChI is InChI=1S/C17H14ClF3N2O6S/c18-14-10-16(15(23(24)25)9-13(14)17(19,20)21)29-11-1-3-12(4-2-11)30(26,27)22-5-7-28-8-6-22/h1-4,9-10H,5-8H2. The zero-order valence-corrected chi connectivity index (χ0v) is 16.6. The van der Waals surface area contributed by atoms with Crippen molar-refractivity contribution in [3.05, 3.63) is 57.1 Å². The summed E-state index contributed by atoms with van der Waals surface area (Å²) >= 11 is 5.61. The number of ether oxygens (including phenoxy) is 2. The first-order valence-corrected chi connectivity index (χ1v) is 10.2. The lowest BCUT2D eigenvalue weighted by molar-refractivity contribution is -0.385. The Hall–Kier alpha value is -2.41. The van der Waals surface area contributed by atoms with Gasteiger partial charge in [0, 0.05) is 25.2 Å². The number of nitrogens with zero attached hydrogens (tertiary/aromatic N) is 2. The van der Waals surface area contributed by atoms with Crippen molar-refractivity contribution in [2.75, 3.05) is 26.3 Å². The molecule has 162 valence electrons. The van der Waals surface area contributed by atoms with Gasteiger partial charge in [-0.05, 0) is 24.3 Å². The molecule has 0 saturated carbocycles. The van der Waals surface area contributed by atoms with Crippen molar-refractivity contribution in [1.82, 2.24) is 4.31 Å². The maximum atomic E-state index is 12.9. The van der Waals surface area contributed by atoms with Crippen LogP contribution in [0.25, 0.3) is 0 Å². The third kappa shape index (κ3) is 4.67. The van der Waals surface area contributed by atoms with Gasteiger partial charge >= 0.3 is 11.9 Å². The molecule has 1 fully saturated rings. The summed E-state index contributed by atoms with van der Waals surface area (Å²) in [7, 11) is -3.76. The predicted octanol–water partition coefficient (Wildman–Crippen LogP) is 4.08. The molecule has 0 aromatic heterocycles. The van der Waals surface area contributed by atoms with Gasteiger partial charge in [-0.15, -0.1) is 0 Å². The van der Waals surface area contributed by atoms with E-state index in [9.17, 15) is 31.7 Å². The summed E-state index contributed by atoms with van der Waals surface area (Å²) in [6, 6.07) is 5.93. The van der Waals surface area contributed by atoms with E-state index in [0.29, 0.717) is 6.07 Å². The minimum atomic E-state index is -4.88. The number of halogens is 4. The van der Waals surface area contributed by atoms with E-state index in [1.807, 2.05) is 0 Å². The van der Waals surface area contributed by atoms with Crippen molar-refractivity contribution in [3.8, 4) is 11.5 Å². The van der Waals surface area contributed by atoms with Gasteiger partial charge in [-0.25, -0.2) is 8.42 Å². The number of nitro groups is 1. The topological polar surface area (TPSA) is 99.0 Å². The van der Waals surface area contributed by atoms with Crippen molar-refractivity contribution < 1.29 is 36.0 Å². The van der Waals surface area contributed by atoms with Crippen molar-refractivity contribution >= 4 is 27.3 Å². The smallest absolute Gasteiger partial charge is 0.418 e. The van der Waals surface area contributed by atoms with Gasteiger partial charge in [0.05, 0.1) is 33.6 Å². The Morgan fingerprint density at radius 3 is 2.27 bits per heavy atom. The van der Waals surface area contributed by atoms with E-state index in [0.717, 1.165) is 0 Å². The fourth-order valence-electron chi connectivity index (χ4n) is 2.73. The van der Waals surface area contributed by atoms with Gasteiger partial charge in [0.2, 0.25) is 15.8 Å². The molecule has 0 spiro atoms. The number of rotatable bonds is 5. The van der Waals surface area contributed by atoms with Crippen LogP contribution in [-0.2, 0) is 20.9 Å². The highest BCUT2D eigenvalue weighted by Crippen LogP contribution is 2.42. The van der Waals surface area contributed by atoms with Crippen LogP contribution >= 0.6 is 11.6 Å². The summed E-state index contributed by atoms with van der Waals surface area (Å²) in [4.78, 5) is 10.1. The monoisotopic (exact) mass is 466 g/mol. The van der Waals surface area contributed by atoms with Gasteiger partial charge in [-0.1, -0.05) is 11.6 Å². The quantitative estimate of drug-likeness (QED) is 0.486. The van der Waals surface area contributed by atoms with E-state index in [2.05, 4.69) is 0 Å². The Bertz CT molecular complexity index is 1050. The molecule has 0 bridgehead atoms. The number of benzene rings is 2. The number of hydrogen-bond donors (Lipinski definition) is 0. The summed E-state index contributed by atoms with van der Waals surface area (Å²) in [5.74, 6) is -0.531. The van der Waals surface area contributed by atoms with E-state index in [-0.39, 0.29) is 43.0 Å². The maximum absolute atomic E-state index is 12.9. The number of morpholine rings is 1. The van der Waals surface area contributed by atoms with E-state index in [4.69, 9.17) is 21.1 Å². The summed E-state index contributed by atoms with van der Waals surface area (Å²) in [6.07, 6.45) is -4.88. The summed E-state index contributed by atoms with van der Waals surface area (Å²) in [5.41, 5.74) is -2.30. The second-order valence-electron chi connectivity index (χ2n) is 6.14. The summed E-state index contributed by atoms with van der Waals surface area (Å²) < 4.78 is 75.7. The molecule has 13 heteroatoms. The molecule has 1 aliphatic rings. The minimum Gasteiger partial charge on any atom is -0.450 e. The van der Waals surface area contributed by atoms with Crippen LogP contribution in [0.2, 0.25) is 5.02 Å². The molecule has 0 amide bonds. The molecule has 0 unspecified atom stereocenters. The molecule has 2 aromatic rings. The largest absolute Gasteiger partial charge is 0.450 e. The summed E-state index contributed by atoms with van der Waals surface area (Å²) in [5, 5.41) is 10.4. The van der Waals surface area contributed by atoms with Crippen LogP contribution in [0.4, 0.5) is 18.9 Å². The zero-order valence-electron chi connectivity index (χ0n) is 15.1. The molecule has 0 aliphatic carbocycles. The first-order chi connectivity index (χ1) is 14.0. The van der Waals surface area contributed by atoms with Crippen molar-refractivity contribution in [2.24, 2.45) is 0 Å². The molecule has 1 heterocycles. The molecule has 3 rings (SSSR count). The van der Waals surface area contributed by atoms with Crippen LogP contribution in [0.15, 0.2) is 41.3 Å². The third-order valence-electron chi connectivity index (χ3n) is 4.21. The van der Waals surface area contributed by atoms with Crippen molar-refractivity contribution in [3.63, 3.8) is 0 Å². The number of sulfonamides is 1. The lowest BCUT2D eigenvalue weighted by atomic mass is 10.1. The molecule has 0 radical (unpaired) electrons. The Balaban J connectivity index is 1.88. The molecule has 0 atom stereocenters. The van der Waals surface area contributed by atoms with Gasteiger partial charge < -0.3 is 9.47 Å². The van der Waals surface area contributed by atoms with E-state index in [1.54, 1.807) is 0 Å². The van der Waals surface area contributed by atoms with Crippen LogP contribution in [0.3, 0.4) is 0 Å². The van der Waals surface area contributed by atoms with E-state index in [1.165, 1.54) is 28.6 Å². The third-order valence-corrected chi connectivity index (χ3v) is 6.44. The Kier molecular flexibility index (Phi) is 6.22. The fraction of sp³-hybridized carbons (Fsp3) is 0.294. The van der Waals surface area contributed by atoms with Crippen LogP contribution in [0, 0.1) is 10.1 Å². The predicted molar refractivity (Wildman–Crippen MR) is 99.2 cm³/mol. The second-order valence-corrected chi connectivity index (χ2v) is 8.49. The number of nitro benzene ring substituents is 1. The lowest BCUT2D eigenvalue weighted by Crippen LogP contribution is -2.40. The molecule has 30 heavy (non-hydrogen) atoms. The van der Waals surface area contributed by atoms with Gasteiger partial charge in [0.25, 0.3) is 0 Å². The first kappa shape index (κ1) is 22.3. The second kappa shape index (κ2) is 8.38. The normalized spacial score (nSPS) is 15.7. The van der Waals surface area contributed by atoms with Crippen LogP contribution in [0.1, 0.15) is 5.56 Å². The average molecular weight is 467 g/mol. The Labute approximate surface area is 174 Å². The van der Waals surface area contributed by atoms with E-state index < -0.39 is 43.1 Å². The molecule has 2 aromatic carbocycles. The van der Waals surface area contributed by atoms with Gasteiger partial charge in [-0.2, -0.15) is 17.5 Å². The van der Waals surface area contributed by atoms with Gasteiger partial charge in [0.1, 0.15) is 5.75 Å². The van der Waals surface area contributed by atoms with Crippen LogP contribution < -0.4 is 4.74 Å². The molecular weight excluding hydrogens is 453 g/mol. The summed E-state index contributed by atoms with van der Waals surface area (Å²) in [6.45, 7) is 0.964. The van der Waals surface area contributed by atoms with Gasteiger partial charge in [0.15, 0.2) is 0 Å². The molecule has 1 saturated heterocycles. The van der Waals surface area contributed by atoms with Gasteiger partial charge in [-0.3, -0.25) is 10.1 Å². The lowest BCUT2D eigenvalue weighted by Gasteiger charge is -2.26. The molecular formula is C17H14ClF3N2O6S. The number of hydrogen-bond acceptors (Lipinski definition) is 6. The SMILES string of the molecule is O=[N+]([O-])c1cc(C(F)(F)F)c(Cl)cc1Oc1ccc(S(=O)(=O)N2CCOCC2)cc1. The highest BCUT2D eigenvalue weighted by atomic mass is 35.5. The first-order valence-electron chi connectivity index (χ1n) is 8.41.